The van der Waals surface area contributed by atoms with Crippen LogP contribution in [0.25, 0.3) is 0 Å². The van der Waals surface area contributed by atoms with Crippen LogP contribution in [0, 0.1) is 5.92 Å². The standard InChI is InChI=1S/C20H29N5O/c1-16(2)24-11-8-18(9-12-24)20(26)23-19(17-6-4-3-5-7-17)10-13-25-15-21-14-22-25/h3-7,14-16,18-19H,8-13H2,1-2H3,(H,23,26)/t19-/m0/s1. The van der Waals surface area contributed by atoms with E-state index >= 15 is 0 Å². The minimum absolute atomic E-state index is 0.00368. The number of rotatable bonds is 7. The monoisotopic (exact) mass is 355 g/mol. The molecule has 0 unspecified atom stereocenters. The second kappa shape index (κ2) is 8.94. The molecule has 0 aliphatic carbocycles. The predicted molar refractivity (Wildman–Crippen MR) is 101 cm³/mol. The smallest absolute Gasteiger partial charge is 0.223 e. The first-order valence-corrected chi connectivity index (χ1v) is 9.55. The Morgan fingerprint density at radius 1 is 1.23 bits per heavy atom. The van der Waals surface area contributed by atoms with Crippen molar-refractivity contribution in [3.05, 3.63) is 48.5 Å². The van der Waals surface area contributed by atoms with Gasteiger partial charge >= 0.3 is 0 Å². The lowest BCUT2D eigenvalue weighted by molar-refractivity contribution is -0.127. The topological polar surface area (TPSA) is 63.1 Å². The lowest BCUT2D eigenvalue weighted by atomic mass is 9.94. The molecule has 0 saturated carbocycles. The van der Waals surface area contributed by atoms with Crippen LogP contribution in [0.4, 0.5) is 0 Å². The highest BCUT2D eigenvalue weighted by atomic mass is 16.1. The Balaban J connectivity index is 1.60. The van der Waals surface area contributed by atoms with Crippen molar-refractivity contribution in [1.29, 1.82) is 0 Å². The minimum Gasteiger partial charge on any atom is -0.349 e. The predicted octanol–water partition coefficient (Wildman–Crippen LogP) is 2.65. The summed E-state index contributed by atoms with van der Waals surface area (Å²) in [7, 11) is 0. The molecule has 3 rings (SSSR count). The molecule has 140 valence electrons. The van der Waals surface area contributed by atoms with Gasteiger partial charge in [-0.15, -0.1) is 0 Å². The van der Waals surface area contributed by atoms with Gasteiger partial charge in [0.1, 0.15) is 12.7 Å². The van der Waals surface area contributed by atoms with E-state index in [1.54, 1.807) is 12.7 Å². The fraction of sp³-hybridized carbons (Fsp3) is 0.550. The first kappa shape index (κ1) is 18.6. The van der Waals surface area contributed by atoms with Crippen molar-refractivity contribution in [3.63, 3.8) is 0 Å². The van der Waals surface area contributed by atoms with Gasteiger partial charge in [-0.2, -0.15) is 5.10 Å². The van der Waals surface area contributed by atoms with E-state index in [-0.39, 0.29) is 17.9 Å². The normalized spacial score (nSPS) is 17.3. The number of amides is 1. The van der Waals surface area contributed by atoms with Crippen LogP contribution in [-0.4, -0.2) is 44.7 Å². The maximum atomic E-state index is 12.9. The van der Waals surface area contributed by atoms with Gasteiger partial charge in [0, 0.05) is 18.5 Å². The second-order valence-corrected chi connectivity index (χ2v) is 7.32. The molecule has 1 atom stereocenters. The number of aromatic nitrogens is 3. The number of carbonyl (C=O) groups excluding carboxylic acids is 1. The Morgan fingerprint density at radius 2 is 1.96 bits per heavy atom. The molecule has 6 nitrogen and oxygen atoms in total. The number of benzene rings is 1. The molecule has 2 heterocycles. The van der Waals surface area contributed by atoms with Crippen LogP contribution >= 0.6 is 0 Å². The van der Waals surface area contributed by atoms with Crippen molar-refractivity contribution >= 4 is 5.91 Å². The van der Waals surface area contributed by atoms with E-state index in [0.29, 0.717) is 6.04 Å². The first-order valence-electron chi connectivity index (χ1n) is 9.55. The average molecular weight is 355 g/mol. The largest absolute Gasteiger partial charge is 0.349 e. The minimum atomic E-state index is -0.00368. The third kappa shape index (κ3) is 4.91. The molecule has 0 radical (unpaired) electrons. The Labute approximate surface area is 155 Å². The van der Waals surface area contributed by atoms with Crippen LogP contribution < -0.4 is 5.32 Å². The molecule has 1 aliphatic rings. The molecule has 1 aromatic carbocycles. The van der Waals surface area contributed by atoms with Crippen LogP contribution in [-0.2, 0) is 11.3 Å². The number of piperidine rings is 1. The van der Waals surface area contributed by atoms with Gasteiger partial charge in [-0.3, -0.25) is 9.48 Å². The molecular weight excluding hydrogens is 326 g/mol. The van der Waals surface area contributed by atoms with E-state index in [1.165, 1.54) is 0 Å². The quantitative estimate of drug-likeness (QED) is 0.829. The van der Waals surface area contributed by atoms with Crippen LogP contribution in [0.1, 0.15) is 44.7 Å². The van der Waals surface area contributed by atoms with E-state index in [1.807, 2.05) is 22.9 Å². The molecule has 1 aromatic heterocycles. The van der Waals surface area contributed by atoms with Crippen molar-refractivity contribution in [2.75, 3.05) is 13.1 Å². The SMILES string of the molecule is CC(C)N1CCC(C(=O)N[C@@H](CCn2cncn2)c2ccccc2)CC1. The Hall–Kier alpha value is -2.21. The molecule has 1 saturated heterocycles. The molecule has 1 aliphatic heterocycles. The Morgan fingerprint density at radius 3 is 2.58 bits per heavy atom. The first-order chi connectivity index (χ1) is 12.6. The highest BCUT2D eigenvalue weighted by molar-refractivity contribution is 5.79. The summed E-state index contributed by atoms with van der Waals surface area (Å²) in [4.78, 5) is 19.3. The summed E-state index contributed by atoms with van der Waals surface area (Å²) in [6.45, 7) is 7.17. The van der Waals surface area contributed by atoms with Crippen molar-refractivity contribution in [1.82, 2.24) is 25.0 Å². The maximum absolute atomic E-state index is 12.9. The summed E-state index contributed by atoms with van der Waals surface area (Å²) in [5, 5.41) is 7.45. The summed E-state index contributed by atoms with van der Waals surface area (Å²) in [5.41, 5.74) is 1.14. The van der Waals surface area contributed by atoms with Gasteiger partial charge in [0.15, 0.2) is 0 Å². The summed E-state index contributed by atoms with van der Waals surface area (Å²) >= 11 is 0. The number of likely N-dealkylation sites (tertiary alicyclic amines) is 1. The molecular formula is C20H29N5O. The van der Waals surface area contributed by atoms with E-state index in [2.05, 4.69) is 46.3 Å². The molecule has 1 fully saturated rings. The van der Waals surface area contributed by atoms with E-state index in [9.17, 15) is 4.79 Å². The molecule has 1 N–H and O–H groups in total. The third-order valence-corrected chi connectivity index (χ3v) is 5.26. The summed E-state index contributed by atoms with van der Waals surface area (Å²) in [6, 6.07) is 10.7. The average Bonchev–Trinajstić information content (AvgIpc) is 3.19. The molecule has 0 bridgehead atoms. The van der Waals surface area contributed by atoms with Gasteiger partial charge in [-0.1, -0.05) is 30.3 Å². The summed E-state index contributed by atoms with van der Waals surface area (Å²) in [6.07, 6.45) is 5.93. The number of nitrogens with one attached hydrogen (secondary N) is 1. The molecule has 2 aromatic rings. The molecule has 0 spiro atoms. The fourth-order valence-electron chi connectivity index (χ4n) is 3.58. The number of aryl methyl sites for hydroxylation is 1. The zero-order valence-electron chi connectivity index (χ0n) is 15.7. The van der Waals surface area contributed by atoms with Crippen molar-refractivity contribution in [2.24, 2.45) is 5.92 Å². The summed E-state index contributed by atoms with van der Waals surface area (Å²) in [5.74, 6) is 0.295. The van der Waals surface area contributed by atoms with Gasteiger partial charge < -0.3 is 10.2 Å². The van der Waals surface area contributed by atoms with E-state index in [0.717, 1.165) is 44.5 Å². The van der Waals surface area contributed by atoms with E-state index < -0.39 is 0 Å². The van der Waals surface area contributed by atoms with Crippen molar-refractivity contribution in [3.8, 4) is 0 Å². The second-order valence-electron chi connectivity index (χ2n) is 7.32. The zero-order valence-corrected chi connectivity index (χ0v) is 15.7. The molecule has 1 amide bonds. The number of hydrogen-bond donors (Lipinski definition) is 1. The molecule has 6 heteroatoms. The van der Waals surface area contributed by atoms with Gasteiger partial charge in [0.05, 0.1) is 6.04 Å². The number of hydrogen-bond acceptors (Lipinski definition) is 4. The highest BCUT2D eigenvalue weighted by Crippen LogP contribution is 2.22. The Kier molecular flexibility index (Phi) is 6.39. The van der Waals surface area contributed by atoms with Crippen molar-refractivity contribution in [2.45, 2.75) is 51.7 Å². The third-order valence-electron chi connectivity index (χ3n) is 5.26. The molecule has 26 heavy (non-hydrogen) atoms. The number of nitrogens with zero attached hydrogens (tertiary/aromatic N) is 4. The van der Waals surface area contributed by atoms with Crippen LogP contribution in [0.15, 0.2) is 43.0 Å². The van der Waals surface area contributed by atoms with Gasteiger partial charge in [-0.05, 0) is 51.8 Å². The fourth-order valence-corrected chi connectivity index (χ4v) is 3.58. The highest BCUT2D eigenvalue weighted by Gasteiger charge is 2.27. The van der Waals surface area contributed by atoms with Crippen LogP contribution in [0.2, 0.25) is 0 Å². The van der Waals surface area contributed by atoms with Gasteiger partial charge in [0.2, 0.25) is 5.91 Å². The maximum Gasteiger partial charge on any atom is 0.223 e. The van der Waals surface area contributed by atoms with Crippen LogP contribution in [0.5, 0.6) is 0 Å². The van der Waals surface area contributed by atoms with E-state index in [4.69, 9.17) is 0 Å². The van der Waals surface area contributed by atoms with Crippen molar-refractivity contribution < 1.29 is 4.79 Å². The Bertz CT molecular complexity index is 663. The van der Waals surface area contributed by atoms with Crippen LogP contribution in [0.3, 0.4) is 0 Å². The van der Waals surface area contributed by atoms with Gasteiger partial charge in [-0.25, -0.2) is 4.98 Å². The zero-order chi connectivity index (χ0) is 18.4. The lowest BCUT2D eigenvalue weighted by Crippen LogP contribution is -2.43. The summed E-state index contributed by atoms with van der Waals surface area (Å²) < 4.78 is 1.81. The van der Waals surface area contributed by atoms with Gasteiger partial charge in [0.25, 0.3) is 0 Å². The lowest BCUT2D eigenvalue weighted by Gasteiger charge is -2.34. The number of carbonyl (C=O) groups is 1.